The zero-order valence-electron chi connectivity index (χ0n) is 11.4. The molecule has 0 fully saturated rings. The summed E-state index contributed by atoms with van der Waals surface area (Å²) in [7, 11) is 4.56. The summed E-state index contributed by atoms with van der Waals surface area (Å²) < 4.78 is 5.41. The van der Waals surface area contributed by atoms with Gasteiger partial charge in [0.15, 0.2) is 0 Å². The van der Waals surface area contributed by atoms with Gasteiger partial charge < -0.3 is 15.0 Å². The maximum absolute atomic E-state index is 11.7. The normalized spacial score (nSPS) is 11.7. The topological polar surface area (TPSA) is 58.6 Å². The van der Waals surface area contributed by atoms with Gasteiger partial charge in [0.2, 0.25) is 5.91 Å². The summed E-state index contributed by atoms with van der Waals surface area (Å²) in [5, 5.41) is 3.54. The number of carbonyl (C=O) groups is 2. The molecule has 5 nitrogen and oxygen atoms in total. The van der Waals surface area contributed by atoms with Gasteiger partial charge in [0.1, 0.15) is 6.04 Å². The Bertz CT molecular complexity index is 508. The summed E-state index contributed by atoms with van der Waals surface area (Å²) >= 11 is 9.21. The summed E-state index contributed by atoms with van der Waals surface area (Å²) in [5.74, 6) is -0.660. The Hall–Kier alpha value is -1.27. The van der Waals surface area contributed by atoms with Crippen molar-refractivity contribution in [2.24, 2.45) is 0 Å². The molecule has 0 aliphatic carbocycles. The number of hydrogen-bond acceptors (Lipinski definition) is 4. The molecule has 0 spiro atoms. The number of ether oxygens (including phenoxy) is 1. The lowest BCUT2D eigenvalue weighted by Gasteiger charge is -2.19. The minimum Gasteiger partial charge on any atom is -0.467 e. The summed E-state index contributed by atoms with van der Waals surface area (Å²) in [5.41, 5.74) is 0.670. The van der Waals surface area contributed by atoms with E-state index >= 15 is 0 Å². The van der Waals surface area contributed by atoms with Crippen molar-refractivity contribution in [1.29, 1.82) is 0 Å². The smallest absolute Gasteiger partial charge is 0.328 e. The van der Waals surface area contributed by atoms with Crippen LogP contribution in [0.4, 0.5) is 5.69 Å². The van der Waals surface area contributed by atoms with Crippen LogP contribution in [0.25, 0.3) is 0 Å². The van der Waals surface area contributed by atoms with E-state index in [0.717, 1.165) is 0 Å². The van der Waals surface area contributed by atoms with Crippen molar-refractivity contribution in [2.45, 2.75) is 12.5 Å². The van der Waals surface area contributed by atoms with Crippen molar-refractivity contribution in [3.63, 3.8) is 0 Å². The van der Waals surface area contributed by atoms with Crippen molar-refractivity contribution >= 4 is 45.1 Å². The fraction of sp³-hybridized carbons (Fsp3) is 0.385. The van der Waals surface area contributed by atoms with Gasteiger partial charge in [-0.15, -0.1) is 0 Å². The number of nitrogens with zero attached hydrogens (tertiary/aromatic N) is 1. The molecule has 20 heavy (non-hydrogen) atoms. The van der Waals surface area contributed by atoms with E-state index in [1.165, 1.54) is 12.0 Å². The van der Waals surface area contributed by atoms with Gasteiger partial charge in [-0.2, -0.15) is 0 Å². The first kappa shape index (κ1) is 16.8. The molecule has 1 atom stereocenters. The molecule has 0 aliphatic heterocycles. The second-order valence-corrected chi connectivity index (χ2v) is 5.60. The molecular weight excluding hydrogens is 348 g/mol. The first-order chi connectivity index (χ1) is 9.35. The van der Waals surface area contributed by atoms with Gasteiger partial charge >= 0.3 is 5.97 Å². The molecule has 1 N–H and O–H groups in total. The Kier molecular flexibility index (Phi) is 6.29. The quantitative estimate of drug-likeness (QED) is 0.817. The molecule has 1 aromatic rings. The molecule has 0 saturated heterocycles. The number of hydrogen-bond donors (Lipinski definition) is 1. The highest BCUT2D eigenvalue weighted by molar-refractivity contribution is 9.10. The largest absolute Gasteiger partial charge is 0.467 e. The van der Waals surface area contributed by atoms with E-state index in [1.807, 2.05) is 0 Å². The Morgan fingerprint density at radius 1 is 1.45 bits per heavy atom. The van der Waals surface area contributed by atoms with Crippen LogP contribution in [0.2, 0.25) is 5.02 Å². The number of nitrogens with one attached hydrogen (secondary N) is 1. The number of amides is 1. The molecule has 0 aromatic heterocycles. The molecule has 1 aromatic carbocycles. The SMILES string of the molecule is COC(=O)C(CC(=O)N(C)C)Nc1ccc(Cl)c(Br)c1. The van der Waals surface area contributed by atoms with Crippen molar-refractivity contribution < 1.29 is 14.3 Å². The fourth-order valence-electron chi connectivity index (χ4n) is 1.48. The van der Waals surface area contributed by atoms with Crippen LogP contribution in [0.15, 0.2) is 22.7 Å². The molecule has 0 aliphatic rings. The molecule has 0 bridgehead atoms. The van der Waals surface area contributed by atoms with Crippen LogP contribution in [0.5, 0.6) is 0 Å². The Balaban J connectivity index is 2.86. The van der Waals surface area contributed by atoms with Gasteiger partial charge in [0.25, 0.3) is 0 Å². The van der Waals surface area contributed by atoms with Gasteiger partial charge in [-0.05, 0) is 34.1 Å². The van der Waals surface area contributed by atoms with Crippen molar-refractivity contribution in [3.05, 3.63) is 27.7 Å². The zero-order valence-corrected chi connectivity index (χ0v) is 13.8. The maximum Gasteiger partial charge on any atom is 0.328 e. The van der Waals surface area contributed by atoms with Gasteiger partial charge in [-0.25, -0.2) is 4.79 Å². The van der Waals surface area contributed by atoms with E-state index in [0.29, 0.717) is 15.2 Å². The lowest BCUT2D eigenvalue weighted by molar-refractivity contribution is -0.144. The molecule has 0 radical (unpaired) electrons. The molecule has 7 heteroatoms. The first-order valence-corrected chi connectivity index (χ1v) is 7.01. The molecule has 1 unspecified atom stereocenters. The summed E-state index contributed by atoms with van der Waals surface area (Å²) in [6.45, 7) is 0. The highest BCUT2D eigenvalue weighted by Crippen LogP contribution is 2.26. The Labute approximate surface area is 131 Å². The lowest BCUT2D eigenvalue weighted by Crippen LogP contribution is -2.36. The van der Waals surface area contributed by atoms with E-state index in [4.69, 9.17) is 16.3 Å². The molecule has 1 amide bonds. The number of esters is 1. The van der Waals surface area contributed by atoms with Gasteiger partial charge in [-0.3, -0.25) is 4.79 Å². The third kappa shape index (κ3) is 4.68. The average Bonchev–Trinajstić information content (AvgIpc) is 2.40. The maximum atomic E-state index is 11.7. The number of halogens is 2. The molecular formula is C13H16BrClN2O3. The van der Waals surface area contributed by atoms with Crippen LogP contribution >= 0.6 is 27.5 Å². The van der Waals surface area contributed by atoms with Crippen molar-refractivity contribution in [2.75, 3.05) is 26.5 Å². The van der Waals surface area contributed by atoms with Crippen LogP contribution in [0.3, 0.4) is 0 Å². The summed E-state index contributed by atoms with van der Waals surface area (Å²) in [6, 6.07) is 4.40. The second-order valence-electron chi connectivity index (χ2n) is 4.34. The Morgan fingerprint density at radius 2 is 2.10 bits per heavy atom. The molecule has 0 saturated carbocycles. The van der Waals surface area contributed by atoms with Crippen molar-refractivity contribution in [3.8, 4) is 0 Å². The second kappa shape index (κ2) is 7.50. The monoisotopic (exact) mass is 362 g/mol. The van der Waals surface area contributed by atoms with Crippen LogP contribution in [0, 0.1) is 0 Å². The van der Waals surface area contributed by atoms with Gasteiger partial charge in [0.05, 0.1) is 18.6 Å². The number of methoxy groups -OCH3 is 1. The highest BCUT2D eigenvalue weighted by Gasteiger charge is 2.23. The average molecular weight is 364 g/mol. The predicted octanol–water partition coefficient (Wildman–Crippen LogP) is 2.53. The number of carbonyl (C=O) groups excluding carboxylic acids is 2. The third-order valence-corrected chi connectivity index (χ3v) is 3.84. The third-order valence-electron chi connectivity index (χ3n) is 2.62. The van der Waals surface area contributed by atoms with Gasteiger partial charge in [-0.1, -0.05) is 11.6 Å². The van der Waals surface area contributed by atoms with Crippen LogP contribution in [-0.2, 0) is 14.3 Å². The minimum absolute atomic E-state index is 0.0138. The Morgan fingerprint density at radius 3 is 2.60 bits per heavy atom. The standard InChI is InChI=1S/C13H16BrClN2O3/c1-17(2)12(18)7-11(13(19)20-3)16-8-4-5-10(15)9(14)6-8/h4-6,11,16H,7H2,1-3H3. The molecule has 110 valence electrons. The van der Waals surface area contributed by atoms with Crippen molar-refractivity contribution in [1.82, 2.24) is 4.90 Å². The van der Waals surface area contributed by atoms with E-state index < -0.39 is 12.0 Å². The number of benzene rings is 1. The van der Waals surface area contributed by atoms with Crippen LogP contribution in [0.1, 0.15) is 6.42 Å². The fourth-order valence-corrected chi connectivity index (χ4v) is 1.98. The predicted molar refractivity (Wildman–Crippen MR) is 81.9 cm³/mol. The lowest BCUT2D eigenvalue weighted by atomic mass is 10.1. The van der Waals surface area contributed by atoms with E-state index in [-0.39, 0.29) is 12.3 Å². The van der Waals surface area contributed by atoms with E-state index in [9.17, 15) is 9.59 Å². The minimum atomic E-state index is -0.747. The van der Waals surface area contributed by atoms with Gasteiger partial charge in [0, 0.05) is 24.3 Å². The molecule has 1 rings (SSSR count). The van der Waals surface area contributed by atoms with Crippen LogP contribution < -0.4 is 5.32 Å². The molecule has 0 heterocycles. The first-order valence-electron chi connectivity index (χ1n) is 5.84. The zero-order chi connectivity index (χ0) is 15.3. The number of rotatable bonds is 5. The highest BCUT2D eigenvalue weighted by atomic mass is 79.9. The van der Waals surface area contributed by atoms with Crippen LogP contribution in [-0.4, -0.2) is 44.0 Å². The summed E-state index contributed by atoms with van der Waals surface area (Å²) in [6.07, 6.45) is 0.0138. The summed E-state index contributed by atoms with van der Waals surface area (Å²) in [4.78, 5) is 24.9. The number of anilines is 1. The van der Waals surface area contributed by atoms with E-state index in [1.54, 1.807) is 32.3 Å². The van der Waals surface area contributed by atoms with E-state index in [2.05, 4.69) is 21.2 Å².